The molecule has 0 bridgehead atoms. The maximum atomic E-state index is 13.7. The number of hydrogen-bond donors (Lipinski definition) is 1. The van der Waals surface area contributed by atoms with Crippen molar-refractivity contribution >= 4 is 0 Å². The van der Waals surface area contributed by atoms with Crippen LogP contribution in [0.25, 0.3) is 5.69 Å². The minimum absolute atomic E-state index is 0.0708. The largest absolute Gasteiger partial charge is 0.390 e. The van der Waals surface area contributed by atoms with Crippen LogP contribution in [0.4, 0.5) is 8.78 Å². The molecule has 0 aliphatic carbocycles. The molecule has 6 heteroatoms. The molecule has 0 spiro atoms. The summed E-state index contributed by atoms with van der Waals surface area (Å²) in [4.78, 5) is 0. The van der Waals surface area contributed by atoms with Crippen LogP contribution in [-0.2, 0) is 6.61 Å². The molecule has 1 N–H and O–H groups in total. The first-order chi connectivity index (χ1) is 7.63. The molecule has 84 valence electrons. The zero-order valence-corrected chi connectivity index (χ0v) is 8.48. The van der Waals surface area contributed by atoms with Gasteiger partial charge < -0.3 is 5.11 Å². The van der Waals surface area contributed by atoms with Crippen molar-refractivity contribution in [3.63, 3.8) is 0 Å². The lowest BCUT2D eigenvalue weighted by Gasteiger charge is -2.05. The van der Waals surface area contributed by atoms with Crippen molar-refractivity contribution in [2.75, 3.05) is 0 Å². The third kappa shape index (κ3) is 1.67. The van der Waals surface area contributed by atoms with Gasteiger partial charge in [0.15, 0.2) is 5.82 Å². The van der Waals surface area contributed by atoms with Crippen LogP contribution < -0.4 is 0 Å². The summed E-state index contributed by atoms with van der Waals surface area (Å²) in [5.41, 5.74) is 0.353. The number of nitrogens with zero attached hydrogens (tertiary/aromatic N) is 3. The van der Waals surface area contributed by atoms with Gasteiger partial charge >= 0.3 is 0 Å². The molecule has 1 aromatic carbocycles. The molecule has 0 unspecified atom stereocenters. The van der Waals surface area contributed by atoms with E-state index in [2.05, 4.69) is 10.3 Å². The lowest BCUT2D eigenvalue weighted by molar-refractivity contribution is 0.276. The van der Waals surface area contributed by atoms with Gasteiger partial charge in [0.05, 0.1) is 12.8 Å². The SMILES string of the molecule is Cc1c(F)ccc(-n2cc(CO)nn2)c1F. The predicted octanol–water partition coefficient (Wildman–Crippen LogP) is 1.35. The second kappa shape index (κ2) is 3.97. The molecule has 0 atom stereocenters. The van der Waals surface area contributed by atoms with Crippen molar-refractivity contribution in [3.05, 3.63) is 41.2 Å². The number of benzene rings is 1. The van der Waals surface area contributed by atoms with Crippen LogP contribution in [0.5, 0.6) is 0 Å². The Morgan fingerprint density at radius 2 is 2.12 bits per heavy atom. The van der Waals surface area contributed by atoms with Crippen molar-refractivity contribution in [2.45, 2.75) is 13.5 Å². The number of aromatic nitrogens is 3. The maximum absolute atomic E-state index is 13.7. The van der Waals surface area contributed by atoms with Gasteiger partial charge in [-0.25, -0.2) is 13.5 Å². The molecule has 0 aliphatic heterocycles. The molecule has 0 radical (unpaired) electrons. The Labute approximate surface area is 90.1 Å². The van der Waals surface area contributed by atoms with Crippen LogP contribution in [-0.4, -0.2) is 20.1 Å². The Morgan fingerprint density at radius 1 is 1.38 bits per heavy atom. The average molecular weight is 225 g/mol. The van der Waals surface area contributed by atoms with E-state index in [1.807, 2.05) is 0 Å². The summed E-state index contributed by atoms with van der Waals surface area (Å²) in [6.45, 7) is 1.07. The average Bonchev–Trinajstić information content (AvgIpc) is 2.74. The van der Waals surface area contributed by atoms with Crippen LogP contribution in [0, 0.1) is 18.6 Å². The third-order valence-electron chi connectivity index (χ3n) is 2.25. The van der Waals surface area contributed by atoms with Crippen LogP contribution >= 0.6 is 0 Å². The number of hydrogen-bond acceptors (Lipinski definition) is 3. The summed E-state index contributed by atoms with van der Waals surface area (Å²) in [7, 11) is 0. The molecule has 0 amide bonds. The fourth-order valence-electron chi connectivity index (χ4n) is 1.31. The number of halogens is 2. The quantitative estimate of drug-likeness (QED) is 0.839. The topological polar surface area (TPSA) is 50.9 Å². The Morgan fingerprint density at radius 3 is 2.75 bits per heavy atom. The normalized spacial score (nSPS) is 10.8. The summed E-state index contributed by atoms with van der Waals surface area (Å²) in [6, 6.07) is 2.43. The Bertz CT molecular complexity index is 525. The molecule has 1 heterocycles. The molecular weight excluding hydrogens is 216 g/mol. The van der Waals surface area contributed by atoms with E-state index in [1.165, 1.54) is 19.2 Å². The Hall–Kier alpha value is -1.82. The summed E-state index contributed by atoms with van der Waals surface area (Å²) < 4.78 is 27.9. The minimum Gasteiger partial charge on any atom is -0.390 e. The summed E-state index contributed by atoms with van der Waals surface area (Å²) in [5, 5.41) is 16.0. The second-order valence-corrected chi connectivity index (χ2v) is 3.32. The first kappa shape index (κ1) is 10.7. The standard InChI is InChI=1S/C10H9F2N3O/c1-6-8(11)2-3-9(10(6)12)15-4-7(5-16)13-14-15/h2-4,16H,5H2,1H3. The lowest BCUT2D eigenvalue weighted by Crippen LogP contribution is -2.02. The van der Waals surface area contributed by atoms with E-state index in [1.54, 1.807) is 0 Å². The molecular formula is C10H9F2N3O. The van der Waals surface area contributed by atoms with Crippen LogP contribution in [0.2, 0.25) is 0 Å². The first-order valence-electron chi connectivity index (χ1n) is 4.60. The highest BCUT2D eigenvalue weighted by Crippen LogP contribution is 2.18. The molecule has 1 aromatic heterocycles. The third-order valence-corrected chi connectivity index (χ3v) is 2.25. The van der Waals surface area contributed by atoms with E-state index in [0.717, 1.165) is 10.7 Å². The van der Waals surface area contributed by atoms with Gasteiger partial charge in [-0.1, -0.05) is 5.21 Å². The van der Waals surface area contributed by atoms with Gasteiger partial charge in [-0.15, -0.1) is 5.10 Å². The highest BCUT2D eigenvalue weighted by molar-refractivity contribution is 5.37. The van der Waals surface area contributed by atoms with E-state index in [0.29, 0.717) is 5.69 Å². The Kier molecular flexibility index (Phi) is 2.66. The van der Waals surface area contributed by atoms with Crippen LogP contribution in [0.1, 0.15) is 11.3 Å². The maximum Gasteiger partial charge on any atom is 0.154 e. The fraction of sp³-hybridized carbons (Fsp3) is 0.200. The zero-order chi connectivity index (χ0) is 11.7. The molecule has 2 rings (SSSR count). The van der Waals surface area contributed by atoms with Gasteiger partial charge in [-0.05, 0) is 19.1 Å². The Balaban J connectivity index is 2.52. The summed E-state index contributed by atoms with van der Waals surface area (Å²) in [5.74, 6) is -1.29. The summed E-state index contributed by atoms with van der Waals surface area (Å²) in [6.07, 6.45) is 1.38. The molecule has 0 saturated heterocycles. The smallest absolute Gasteiger partial charge is 0.154 e. The van der Waals surface area contributed by atoms with E-state index in [9.17, 15) is 8.78 Å². The number of aliphatic hydroxyl groups is 1. The number of rotatable bonds is 2. The highest BCUT2D eigenvalue weighted by atomic mass is 19.1. The van der Waals surface area contributed by atoms with Gasteiger partial charge in [-0.2, -0.15) is 0 Å². The van der Waals surface area contributed by atoms with E-state index in [-0.39, 0.29) is 17.9 Å². The van der Waals surface area contributed by atoms with E-state index >= 15 is 0 Å². The second-order valence-electron chi connectivity index (χ2n) is 3.32. The highest BCUT2D eigenvalue weighted by Gasteiger charge is 2.12. The minimum atomic E-state index is -0.686. The van der Waals surface area contributed by atoms with Crippen LogP contribution in [0.3, 0.4) is 0 Å². The van der Waals surface area contributed by atoms with Gasteiger partial charge in [0, 0.05) is 5.56 Å². The number of aliphatic hydroxyl groups excluding tert-OH is 1. The van der Waals surface area contributed by atoms with E-state index < -0.39 is 11.6 Å². The van der Waals surface area contributed by atoms with Crippen molar-refractivity contribution in [3.8, 4) is 5.69 Å². The lowest BCUT2D eigenvalue weighted by atomic mass is 10.2. The zero-order valence-electron chi connectivity index (χ0n) is 8.48. The summed E-state index contributed by atoms with van der Waals surface area (Å²) >= 11 is 0. The van der Waals surface area contributed by atoms with Gasteiger partial charge in [-0.3, -0.25) is 0 Å². The van der Waals surface area contributed by atoms with Crippen molar-refractivity contribution in [2.24, 2.45) is 0 Å². The van der Waals surface area contributed by atoms with Crippen molar-refractivity contribution in [1.82, 2.24) is 15.0 Å². The molecule has 0 saturated carbocycles. The predicted molar refractivity (Wildman–Crippen MR) is 51.9 cm³/mol. The van der Waals surface area contributed by atoms with Gasteiger partial charge in [0.1, 0.15) is 17.2 Å². The molecule has 4 nitrogen and oxygen atoms in total. The molecule has 2 aromatic rings. The van der Waals surface area contributed by atoms with E-state index in [4.69, 9.17) is 5.11 Å². The first-order valence-corrected chi connectivity index (χ1v) is 4.60. The van der Waals surface area contributed by atoms with Gasteiger partial charge in [0.25, 0.3) is 0 Å². The molecule has 0 aliphatic rings. The fourth-order valence-corrected chi connectivity index (χ4v) is 1.31. The van der Waals surface area contributed by atoms with Crippen molar-refractivity contribution in [1.29, 1.82) is 0 Å². The monoisotopic (exact) mass is 225 g/mol. The molecule has 16 heavy (non-hydrogen) atoms. The van der Waals surface area contributed by atoms with Gasteiger partial charge in [0.2, 0.25) is 0 Å². The van der Waals surface area contributed by atoms with Crippen molar-refractivity contribution < 1.29 is 13.9 Å². The molecule has 0 fully saturated rings. The van der Waals surface area contributed by atoms with Crippen LogP contribution in [0.15, 0.2) is 18.3 Å².